The Labute approximate surface area is 149 Å². The van der Waals surface area contributed by atoms with E-state index >= 15 is 0 Å². The maximum Gasteiger partial charge on any atom is 0.320 e. The van der Waals surface area contributed by atoms with Crippen LogP contribution in [0.4, 0.5) is 0 Å². The van der Waals surface area contributed by atoms with E-state index in [1.54, 1.807) is 0 Å². The van der Waals surface area contributed by atoms with Crippen molar-refractivity contribution in [3.63, 3.8) is 0 Å². The van der Waals surface area contributed by atoms with Gasteiger partial charge in [0, 0.05) is 12.1 Å². The number of aliphatic carboxylic acids is 1. The summed E-state index contributed by atoms with van der Waals surface area (Å²) in [5.41, 5.74) is 3.28. The number of hydrogen-bond acceptors (Lipinski definition) is 3. The summed E-state index contributed by atoms with van der Waals surface area (Å²) < 4.78 is 5.96. The van der Waals surface area contributed by atoms with Crippen LogP contribution in [0, 0.1) is 12.8 Å². The highest BCUT2D eigenvalue weighted by Gasteiger charge is 2.18. The highest BCUT2D eigenvalue weighted by atomic mass is 16.5. The van der Waals surface area contributed by atoms with Crippen LogP contribution in [0.1, 0.15) is 37.0 Å². The van der Waals surface area contributed by atoms with E-state index in [9.17, 15) is 9.90 Å². The smallest absolute Gasteiger partial charge is 0.320 e. The maximum absolute atomic E-state index is 11.4. The second-order valence-electron chi connectivity index (χ2n) is 6.79. The van der Waals surface area contributed by atoms with Crippen LogP contribution >= 0.6 is 0 Å². The minimum absolute atomic E-state index is 0.321. The Hall–Kier alpha value is -2.33. The predicted octanol–water partition coefficient (Wildman–Crippen LogP) is 4.16. The van der Waals surface area contributed by atoms with Gasteiger partial charge in [0.1, 0.15) is 18.4 Å². The number of hydrogen-bond donors (Lipinski definition) is 2. The van der Waals surface area contributed by atoms with E-state index in [1.807, 2.05) is 50.2 Å². The Bertz CT molecular complexity index is 697. The van der Waals surface area contributed by atoms with Crippen molar-refractivity contribution >= 4 is 5.97 Å². The Morgan fingerprint density at radius 1 is 1.16 bits per heavy atom. The number of ether oxygens (including phenoxy) is 1. The molecule has 25 heavy (non-hydrogen) atoms. The Balaban J connectivity index is 2.00. The van der Waals surface area contributed by atoms with E-state index in [-0.39, 0.29) is 0 Å². The molecule has 2 aromatic rings. The Morgan fingerprint density at radius 2 is 1.92 bits per heavy atom. The second kappa shape index (κ2) is 9.23. The normalized spacial score (nSPS) is 12.2. The van der Waals surface area contributed by atoms with Gasteiger partial charge in [-0.3, -0.25) is 4.79 Å². The number of para-hydroxylation sites is 1. The fraction of sp³-hybridized carbons (Fsp3) is 0.381. The first-order chi connectivity index (χ1) is 12.0. The monoisotopic (exact) mass is 341 g/mol. The van der Waals surface area contributed by atoms with Gasteiger partial charge in [0.25, 0.3) is 0 Å². The van der Waals surface area contributed by atoms with E-state index in [1.165, 1.54) is 5.56 Å². The summed E-state index contributed by atoms with van der Waals surface area (Å²) in [6, 6.07) is 15.4. The van der Waals surface area contributed by atoms with Gasteiger partial charge >= 0.3 is 5.97 Å². The number of nitrogens with one attached hydrogen (secondary N) is 1. The average molecular weight is 341 g/mol. The summed E-state index contributed by atoms with van der Waals surface area (Å²) in [4.78, 5) is 11.4. The summed E-state index contributed by atoms with van der Waals surface area (Å²) >= 11 is 0. The molecule has 0 aromatic heterocycles. The fourth-order valence-electron chi connectivity index (χ4n) is 2.73. The van der Waals surface area contributed by atoms with Crippen molar-refractivity contribution in [1.82, 2.24) is 5.32 Å². The molecule has 0 bridgehead atoms. The van der Waals surface area contributed by atoms with Crippen molar-refractivity contribution in [1.29, 1.82) is 0 Å². The minimum Gasteiger partial charge on any atom is -0.489 e. The van der Waals surface area contributed by atoms with Crippen LogP contribution in [-0.2, 0) is 17.9 Å². The van der Waals surface area contributed by atoms with Crippen LogP contribution in [0.2, 0.25) is 0 Å². The average Bonchev–Trinajstić information content (AvgIpc) is 2.57. The molecule has 0 saturated heterocycles. The molecule has 2 N–H and O–H groups in total. The molecule has 1 unspecified atom stereocenters. The molecular formula is C21H27NO3. The lowest BCUT2D eigenvalue weighted by atomic mass is 10.0. The summed E-state index contributed by atoms with van der Waals surface area (Å²) in [6.07, 6.45) is 0.599. The molecule has 0 aliphatic heterocycles. The zero-order valence-corrected chi connectivity index (χ0v) is 15.2. The molecular weight excluding hydrogens is 314 g/mol. The molecule has 4 heteroatoms. The molecule has 0 heterocycles. The van der Waals surface area contributed by atoms with Gasteiger partial charge in [0.15, 0.2) is 0 Å². The highest BCUT2D eigenvalue weighted by Crippen LogP contribution is 2.20. The summed E-state index contributed by atoms with van der Waals surface area (Å²) in [5.74, 6) is 0.290. The lowest BCUT2D eigenvalue weighted by Crippen LogP contribution is -2.37. The third-order valence-electron chi connectivity index (χ3n) is 3.99. The van der Waals surface area contributed by atoms with Crippen LogP contribution < -0.4 is 10.1 Å². The Kier molecular flexibility index (Phi) is 7.02. The van der Waals surface area contributed by atoms with Crippen LogP contribution in [0.25, 0.3) is 0 Å². The van der Waals surface area contributed by atoms with E-state index < -0.39 is 12.0 Å². The lowest BCUT2D eigenvalue weighted by molar-refractivity contribution is -0.140. The van der Waals surface area contributed by atoms with Gasteiger partial charge < -0.3 is 15.2 Å². The molecule has 2 aromatic carbocycles. The van der Waals surface area contributed by atoms with Gasteiger partial charge in [-0.25, -0.2) is 0 Å². The fourth-order valence-corrected chi connectivity index (χ4v) is 2.73. The van der Waals surface area contributed by atoms with Gasteiger partial charge in [-0.2, -0.15) is 0 Å². The molecule has 0 saturated carbocycles. The van der Waals surface area contributed by atoms with Crippen molar-refractivity contribution in [3.05, 3.63) is 65.2 Å². The van der Waals surface area contributed by atoms with Crippen LogP contribution in [0.15, 0.2) is 48.5 Å². The molecule has 134 valence electrons. The maximum atomic E-state index is 11.4. The third kappa shape index (κ3) is 6.24. The second-order valence-corrected chi connectivity index (χ2v) is 6.79. The molecule has 0 aliphatic carbocycles. The zero-order valence-electron chi connectivity index (χ0n) is 15.2. The quantitative estimate of drug-likeness (QED) is 0.719. The van der Waals surface area contributed by atoms with E-state index in [0.717, 1.165) is 16.9 Å². The largest absolute Gasteiger partial charge is 0.489 e. The molecule has 0 amide bonds. The first-order valence-electron chi connectivity index (χ1n) is 8.68. The number of carbonyl (C=O) groups is 1. The van der Waals surface area contributed by atoms with Gasteiger partial charge in [0.2, 0.25) is 0 Å². The van der Waals surface area contributed by atoms with Gasteiger partial charge in [0.05, 0.1) is 0 Å². The van der Waals surface area contributed by atoms with Crippen molar-refractivity contribution in [2.75, 3.05) is 0 Å². The zero-order chi connectivity index (χ0) is 18.2. The van der Waals surface area contributed by atoms with E-state index in [0.29, 0.717) is 25.5 Å². The molecule has 0 spiro atoms. The molecule has 0 fully saturated rings. The minimum atomic E-state index is -0.813. The number of rotatable bonds is 9. The van der Waals surface area contributed by atoms with Crippen LogP contribution in [0.3, 0.4) is 0 Å². The lowest BCUT2D eigenvalue weighted by Gasteiger charge is -2.18. The SMILES string of the molecule is Cc1cccc(COc2ccccc2CNC(CC(C)C)C(=O)O)c1. The Morgan fingerprint density at radius 3 is 2.60 bits per heavy atom. The number of carboxylic acids is 1. The van der Waals surface area contributed by atoms with Gasteiger partial charge in [-0.15, -0.1) is 0 Å². The summed E-state index contributed by atoms with van der Waals surface area (Å²) in [5, 5.41) is 12.5. The molecule has 0 radical (unpaired) electrons. The molecule has 0 aliphatic rings. The standard InChI is InChI=1S/C21H27NO3/c1-15(2)11-19(21(23)24)22-13-18-9-4-5-10-20(18)25-14-17-8-6-7-16(3)12-17/h4-10,12,15,19,22H,11,13-14H2,1-3H3,(H,23,24). The van der Waals surface area contributed by atoms with E-state index in [4.69, 9.17) is 4.74 Å². The first kappa shape index (κ1) is 19.0. The van der Waals surface area contributed by atoms with Crippen LogP contribution in [0.5, 0.6) is 5.75 Å². The number of carboxylic acid groups (broad SMARTS) is 1. The third-order valence-corrected chi connectivity index (χ3v) is 3.99. The molecule has 1 atom stereocenters. The van der Waals surface area contributed by atoms with Gasteiger partial charge in [-0.05, 0) is 30.9 Å². The van der Waals surface area contributed by atoms with Crippen molar-refractivity contribution < 1.29 is 14.6 Å². The van der Waals surface area contributed by atoms with Crippen molar-refractivity contribution in [2.45, 2.75) is 46.4 Å². The molecule has 4 nitrogen and oxygen atoms in total. The predicted molar refractivity (Wildman–Crippen MR) is 99.7 cm³/mol. The van der Waals surface area contributed by atoms with Crippen molar-refractivity contribution in [2.24, 2.45) is 5.92 Å². The highest BCUT2D eigenvalue weighted by molar-refractivity contribution is 5.73. The molecule has 2 rings (SSSR count). The number of aryl methyl sites for hydroxylation is 1. The topological polar surface area (TPSA) is 58.6 Å². The summed E-state index contributed by atoms with van der Waals surface area (Å²) in [7, 11) is 0. The van der Waals surface area contributed by atoms with Crippen molar-refractivity contribution in [3.8, 4) is 5.75 Å². The summed E-state index contributed by atoms with van der Waals surface area (Å²) in [6.45, 7) is 7.07. The van der Waals surface area contributed by atoms with Gasteiger partial charge in [-0.1, -0.05) is 61.9 Å². The van der Waals surface area contributed by atoms with E-state index in [2.05, 4.69) is 24.4 Å². The number of benzene rings is 2. The van der Waals surface area contributed by atoms with Crippen LogP contribution in [-0.4, -0.2) is 17.1 Å². The first-order valence-corrected chi connectivity index (χ1v) is 8.68.